The van der Waals surface area contributed by atoms with Crippen LogP contribution in [0.4, 0.5) is 14.5 Å². The van der Waals surface area contributed by atoms with Gasteiger partial charge >= 0.3 is 5.97 Å². The van der Waals surface area contributed by atoms with Crippen LogP contribution in [0.15, 0.2) is 42.5 Å². The van der Waals surface area contributed by atoms with Gasteiger partial charge in [0.05, 0.1) is 6.54 Å². The Labute approximate surface area is 170 Å². The zero-order chi connectivity index (χ0) is 21.7. The van der Waals surface area contributed by atoms with Crippen molar-refractivity contribution in [1.29, 1.82) is 0 Å². The van der Waals surface area contributed by atoms with Gasteiger partial charge < -0.3 is 24.8 Å². The van der Waals surface area contributed by atoms with E-state index < -0.39 is 54.8 Å². The molecular weight excluding hydrogens is 402 g/mol. The van der Waals surface area contributed by atoms with Crippen LogP contribution < -0.4 is 20.1 Å². The highest BCUT2D eigenvalue weighted by molar-refractivity contribution is 5.94. The lowest BCUT2D eigenvalue weighted by Gasteiger charge is -2.30. The molecule has 0 saturated carbocycles. The first-order valence-corrected chi connectivity index (χ1v) is 8.94. The summed E-state index contributed by atoms with van der Waals surface area (Å²) in [5.41, 5.74) is 0.0308. The third kappa shape index (κ3) is 5.22. The number of ether oxygens (including phenoxy) is 3. The smallest absolute Gasteiger partial charge is 0.351 e. The Balaban J connectivity index is 1.42. The lowest BCUT2D eigenvalue weighted by Crippen LogP contribution is -2.45. The van der Waals surface area contributed by atoms with Gasteiger partial charge in [0.15, 0.2) is 29.7 Å². The summed E-state index contributed by atoms with van der Waals surface area (Å²) in [5, 5.41) is 4.54. The van der Waals surface area contributed by atoms with Crippen LogP contribution in [0.1, 0.15) is 6.92 Å². The van der Waals surface area contributed by atoms with Crippen LogP contribution in [-0.4, -0.2) is 43.1 Å². The Kier molecular flexibility index (Phi) is 6.45. The van der Waals surface area contributed by atoms with Crippen molar-refractivity contribution in [3.05, 3.63) is 54.1 Å². The molecule has 10 heteroatoms. The average molecular weight is 420 g/mol. The van der Waals surface area contributed by atoms with Gasteiger partial charge in [-0.2, -0.15) is 0 Å². The van der Waals surface area contributed by atoms with Crippen molar-refractivity contribution in [2.24, 2.45) is 0 Å². The van der Waals surface area contributed by atoms with Crippen LogP contribution in [0, 0.1) is 11.6 Å². The topological polar surface area (TPSA) is 103 Å². The molecule has 2 atom stereocenters. The molecule has 2 amide bonds. The van der Waals surface area contributed by atoms with Crippen molar-refractivity contribution in [2.75, 3.05) is 18.5 Å². The van der Waals surface area contributed by atoms with E-state index in [4.69, 9.17) is 14.2 Å². The maximum atomic E-state index is 13.1. The molecular formula is C20H18F2N2O6. The van der Waals surface area contributed by atoms with E-state index in [-0.39, 0.29) is 5.69 Å². The molecule has 2 aromatic rings. The first kappa shape index (κ1) is 21.0. The normalized spacial score (nSPS) is 17.0. The molecule has 3 rings (SSSR count). The highest BCUT2D eigenvalue weighted by atomic mass is 19.2. The van der Waals surface area contributed by atoms with Crippen molar-refractivity contribution in [3.63, 3.8) is 0 Å². The standard InChI is InChI=1S/C20H18F2N2O6/c1-11-19(30-16-5-3-2-4-15(16)29-11)20(27)28-10-18(26)23-9-17(25)24-12-6-7-13(21)14(22)8-12/h2-8,11,19H,9-10H2,1H3,(H,23,26)(H,24,25). The molecule has 0 fully saturated rings. The number of nitrogens with one attached hydrogen (secondary N) is 2. The molecule has 0 aliphatic carbocycles. The largest absolute Gasteiger partial charge is 0.482 e. The zero-order valence-electron chi connectivity index (χ0n) is 15.8. The highest BCUT2D eigenvalue weighted by Gasteiger charge is 2.35. The van der Waals surface area contributed by atoms with Gasteiger partial charge in [0.1, 0.15) is 6.10 Å². The molecule has 8 nitrogen and oxygen atoms in total. The zero-order valence-corrected chi connectivity index (χ0v) is 15.8. The van der Waals surface area contributed by atoms with Crippen LogP contribution in [-0.2, 0) is 19.1 Å². The monoisotopic (exact) mass is 420 g/mol. The van der Waals surface area contributed by atoms with Gasteiger partial charge in [0.2, 0.25) is 12.0 Å². The second kappa shape index (κ2) is 9.21. The van der Waals surface area contributed by atoms with Crippen molar-refractivity contribution in [3.8, 4) is 11.5 Å². The van der Waals surface area contributed by atoms with E-state index in [9.17, 15) is 23.2 Å². The van der Waals surface area contributed by atoms with Crippen LogP contribution in [0.25, 0.3) is 0 Å². The van der Waals surface area contributed by atoms with Crippen LogP contribution in [0.3, 0.4) is 0 Å². The molecule has 0 spiro atoms. The summed E-state index contributed by atoms with van der Waals surface area (Å²) in [6.45, 7) is 0.540. The predicted molar refractivity (Wildman–Crippen MR) is 99.9 cm³/mol. The average Bonchev–Trinajstić information content (AvgIpc) is 2.72. The molecule has 2 unspecified atom stereocenters. The molecule has 0 aromatic heterocycles. The van der Waals surface area contributed by atoms with Gasteiger partial charge in [-0.05, 0) is 31.2 Å². The van der Waals surface area contributed by atoms with E-state index in [1.807, 2.05) is 0 Å². The summed E-state index contributed by atoms with van der Waals surface area (Å²) in [4.78, 5) is 35.8. The second-order valence-electron chi connectivity index (χ2n) is 6.37. The summed E-state index contributed by atoms with van der Waals surface area (Å²) >= 11 is 0. The summed E-state index contributed by atoms with van der Waals surface area (Å²) < 4.78 is 42.1. The summed E-state index contributed by atoms with van der Waals surface area (Å²) in [7, 11) is 0. The quantitative estimate of drug-likeness (QED) is 0.691. The first-order valence-electron chi connectivity index (χ1n) is 8.94. The Hall–Kier alpha value is -3.69. The summed E-state index contributed by atoms with van der Waals surface area (Å²) in [6.07, 6.45) is -1.68. The minimum atomic E-state index is -1.12. The van der Waals surface area contributed by atoms with E-state index in [2.05, 4.69) is 10.6 Å². The molecule has 30 heavy (non-hydrogen) atoms. The van der Waals surface area contributed by atoms with Crippen molar-refractivity contribution < 1.29 is 37.4 Å². The lowest BCUT2D eigenvalue weighted by molar-refractivity contribution is -0.160. The van der Waals surface area contributed by atoms with Crippen molar-refractivity contribution >= 4 is 23.5 Å². The summed E-state index contributed by atoms with van der Waals surface area (Å²) in [6, 6.07) is 9.67. The van der Waals surface area contributed by atoms with Gasteiger partial charge in [-0.15, -0.1) is 0 Å². The van der Waals surface area contributed by atoms with E-state index >= 15 is 0 Å². The number of anilines is 1. The summed E-state index contributed by atoms with van der Waals surface area (Å²) in [5.74, 6) is -3.47. The molecule has 1 heterocycles. The van der Waals surface area contributed by atoms with E-state index in [1.54, 1.807) is 31.2 Å². The Morgan fingerprint density at radius 1 is 1.00 bits per heavy atom. The Bertz CT molecular complexity index is 968. The number of halogens is 2. The maximum Gasteiger partial charge on any atom is 0.351 e. The van der Waals surface area contributed by atoms with Gasteiger partial charge in [-0.3, -0.25) is 9.59 Å². The predicted octanol–water partition coefficient (Wildman–Crippen LogP) is 1.79. The van der Waals surface area contributed by atoms with Gasteiger partial charge in [-0.25, -0.2) is 13.6 Å². The minimum absolute atomic E-state index is 0.0308. The molecule has 0 saturated heterocycles. The molecule has 0 radical (unpaired) electrons. The Morgan fingerprint density at radius 3 is 2.40 bits per heavy atom. The fourth-order valence-electron chi connectivity index (χ4n) is 2.61. The number of carbonyl (C=O) groups excluding carboxylic acids is 3. The third-order valence-corrected chi connectivity index (χ3v) is 4.07. The van der Waals surface area contributed by atoms with Gasteiger partial charge in [0.25, 0.3) is 5.91 Å². The number of fused-ring (bicyclic) bond motifs is 1. The number of hydrogen-bond acceptors (Lipinski definition) is 6. The van der Waals surface area contributed by atoms with E-state index in [0.29, 0.717) is 11.5 Å². The number of amides is 2. The number of esters is 1. The number of carbonyl (C=O) groups is 3. The van der Waals surface area contributed by atoms with E-state index in [1.165, 1.54) is 6.07 Å². The van der Waals surface area contributed by atoms with E-state index in [0.717, 1.165) is 12.1 Å². The fourth-order valence-corrected chi connectivity index (χ4v) is 2.61. The number of benzene rings is 2. The first-order chi connectivity index (χ1) is 14.3. The highest BCUT2D eigenvalue weighted by Crippen LogP contribution is 2.33. The van der Waals surface area contributed by atoms with Crippen LogP contribution >= 0.6 is 0 Å². The minimum Gasteiger partial charge on any atom is -0.482 e. The van der Waals surface area contributed by atoms with Gasteiger partial charge in [0, 0.05) is 11.8 Å². The molecule has 2 N–H and O–H groups in total. The fraction of sp³-hybridized carbons (Fsp3) is 0.250. The second-order valence-corrected chi connectivity index (χ2v) is 6.37. The Morgan fingerprint density at radius 2 is 1.70 bits per heavy atom. The third-order valence-electron chi connectivity index (χ3n) is 4.07. The number of para-hydroxylation sites is 2. The molecule has 2 aromatic carbocycles. The van der Waals surface area contributed by atoms with Crippen LogP contribution in [0.5, 0.6) is 11.5 Å². The SMILES string of the molecule is CC1Oc2ccccc2OC1C(=O)OCC(=O)NCC(=O)Nc1ccc(F)c(F)c1. The number of rotatable bonds is 6. The molecule has 1 aliphatic rings. The maximum absolute atomic E-state index is 13.1. The lowest BCUT2D eigenvalue weighted by atomic mass is 10.2. The number of hydrogen-bond donors (Lipinski definition) is 2. The van der Waals surface area contributed by atoms with Crippen molar-refractivity contribution in [2.45, 2.75) is 19.1 Å². The van der Waals surface area contributed by atoms with Crippen molar-refractivity contribution in [1.82, 2.24) is 5.32 Å². The van der Waals surface area contributed by atoms with Crippen LogP contribution in [0.2, 0.25) is 0 Å². The molecule has 1 aliphatic heterocycles. The molecule has 158 valence electrons. The van der Waals surface area contributed by atoms with Gasteiger partial charge in [-0.1, -0.05) is 12.1 Å². The molecule has 0 bridgehead atoms.